The van der Waals surface area contributed by atoms with Crippen molar-refractivity contribution in [2.75, 3.05) is 16.8 Å². The third-order valence-electron chi connectivity index (χ3n) is 5.45. The van der Waals surface area contributed by atoms with Crippen LogP contribution < -0.4 is 20.3 Å². The third kappa shape index (κ3) is 6.07. The molecule has 1 fully saturated rings. The highest BCUT2D eigenvalue weighted by Gasteiger charge is 2.37. The largest absolute Gasteiger partial charge is 0.483 e. The Bertz CT molecular complexity index is 1470. The van der Waals surface area contributed by atoms with E-state index in [0.29, 0.717) is 20.7 Å². The number of imide groups is 2. The van der Waals surface area contributed by atoms with Crippen LogP contribution in [0.2, 0.25) is 5.02 Å². The van der Waals surface area contributed by atoms with Crippen molar-refractivity contribution >= 4 is 68.7 Å². The van der Waals surface area contributed by atoms with E-state index in [1.54, 1.807) is 30.3 Å². The van der Waals surface area contributed by atoms with Crippen molar-refractivity contribution in [3.63, 3.8) is 0 Å². The first-order valence-electron chi connectivity index (χ1n) is 11.1. The SMILES string of the molecule is Cc1ccc(NC(=O)COc2ccc(Br)cc2/C=C2\C(=O)NC(=O)N(c3cccc(Cl)c3)C2=O)c(C)c1. The minimum Gasteiger partial charge on any atom is -0.483 e. The van der Waals surface area contributed by atoms with E-state index in [4.69, 9.17) is 16.3 Å². The first kappa shape index (κ1) is 26.1. The standard InChI is InChI=1S/C27H21BrClN3O5/c1-15-6-8-22(16(2)10-15)30-24(33)14-37-23-9-7-18(28)11-17(23)12-21-25(34)31-27(36)32(26(21)35)20-5-3-4-19(29)13-20/h3-13H,14H2,1-2H3,(H,30,33)(H,31,34,36)/b21-12+. The molecule has 0 atom stereocenters. The van der Waals surface area contributed by atoms with Crippen molar-refractivity contribution in [1.29, 1.82) is 0 Å². The smallest absolute Gasteiger partial charge is 0.335 e. The van der Waals surface area contributed by atoms with E-state index < -0.39 is 17.8 Å². The average Bonchev–Trinajstić information content (AvgIpc) is 2.83. The summed E-state index contributed by atoms with van der Waals surface area (Å²) in [5.41, 5.74) is 2.95. The summed E-state index contributed by atoms with van der Waals surface area (Å²) in [5, 5.41) is 5.30. The van der Waals surface area contributed by atoms with Gasteiger partial charge in [0.15, 0.2) is 6.61 Å². The number of carbonyl (C=O) groups excluding carboxylic acids is 4. The summed E-state index contributed by atoms with van der Waals surface area (Å²) >= 11 is 9.38. The summed E-state index contributed by atoms with van der Waals surface area (Å²) in [4.78, 5) is 51.6. The number of nitrogens with zero attached hydrogens (tertiary/aromatic N) is 1. The number of carbonyl (C=O) groups is 4. The van der Waals surface area contributed by atoms with Crippen LogP contribution >= 0.6 is 27.5 Å². The molecule has 1 aliphatic heterocycles. The minimum atomic E-state index is -0.886. The zero-order valence-electron chi connectivity index (χ0n) is 19.8. The first-order valence-corrected chi connectivity index (χ1v) is 12.3. The van der Waals surface area contributed by atoms with E-state index in [2.05, 4.69) is 26.6 Å². The predicted octanol–water partition coefficient (Wildman–Crippen LogP) is 5.40. The Morgan fingerprint density at radius 1 is 1.08 bits per heavy atom. The molecular formula is C27H21BrClN3O5. The summed E-state index contributed by atoms with van der Waals surface area (Å²) in [6.45, 7) is 3.55. The molecule has 0 radical (unpaired) electrons. The van der Waals surface area contributed by atoms with Crippen LogP contribution in [0.1, 0.15) is 16.7 Å². The van der Waals surface area contributed by atoms with Crippen LogP contribution in [0.5, 0.6) is 5.75 Å². The van der Waals surface area contributed by atoms with Crippen LogP contribution in [-0.2, 0) is 14.4 Å². The Labute approximate surface area is 226 Å². The Hall–Kier alpha value is -3.95. The highest BCUT2D eigenvalue weighted by atomic mass is 79.9. The minimum absolute atomic E-state index is 0.210. The molecule has 4 rings (SSSR count). The van der Waals surface area contributed by atoms with Gasteiger partial charge in [0.05, 0.1) is 5.69 Å². The van der Waals surface area contributed by atoms with E-state index >= 15 is 0 Å². The average molecular weight is 583 g/mol. The van der Waals surface area contributed by atoms with Crippen molar-refractivity contribution in [1.82, 2.24) is 5.32 Å². The molecule has 3 aromatic rings. The van der Waals surface area contributed by atoms with Gasteiger partial charge in [-0.25, -0.2) is 9.69 Å². The number of ether oxygens (including phenoxy) is 1. The number of urea groups is 1. The second kappa shape index (κ2) is 11.0. The lowest BCUT2D eigenvalue weighted by Crippen LogP contribution is -2.54. The van der Waals surface area contributed by atoms with Crippen molar-refractivity contribution in [2.24, 2.45) is 0 Å². The Kier molecular flexibility index (Phi) is 7.75. The summed E-state index contributed by atoms with van der Waals surface area (Å²) < 4.78 is 6.38. The molecule has 0 bridgehead atoms. The van der Waals surface area contributed by atoms with Crippen LogP contribution in [0.15, 0.2) is 70.7 Å². The quantitative estimate of drug-likeness (QED) is 0.299. The molecule has 1 aliphatic rings. The molecule has 0 aromatic heterocycles. The number of halogens is 2. The van der Waals surface area contributed by atoms with E-state index in [1.807, 2.05) is 32.0 Å². The monoisotopic (exact) mass is 581 g/mol. The fourth-order valence-electron chi connectivity index (χ4n) is 3.71. The van der Waals surface area contributed by atoms with E-state index in [1.165, 1.54) is 18.2 Å². The third-order valence-corrected chi connectivity index (χ3v) is 6.18. The molecule has 5 amide bonds. The van der Waals surface area contributed by atoms with Crippen LogP contribution in [0.3, 0.4) is 0 Å². The van der Waals surface area contributed by atoms with Gasteiger partial charge in [0.1, 0.15) is 11.3 Å². The van der Waals surface area contributed by atoms with Gasteiger partial charge in [0.2, 0.25) is 0 Å². The van der Waals surface area contributed by atoms with Crippen molar-refractivity contribution in [3.8, 4) is 5.75 Å². The Morgan fingerprint density at radius 3 is 2.59 bits per heavy atom. The van der Waals surface area contributed by atoms with Gasteiger partial charge in [-0.2, -0.15) is 0 Å². The molecule has 1 saturated heterocycles. The molecule has 188 valence electrons. The highest BCUT2D eigenvalue weighted by Crippen LogP contribution is 2.29. The number of barbiturate groups is 1. The normalized spacial score (nSPS) is 14.5. The van der Waals surface area contributed by atoms with E-state index in [9.17, 15) is 19.2 Å². The van der Waals surface area contributed by atoms with E-state index in [-0.39, 0.29) is 29.5 Å². The summed E-state index contributed by atoms with van der Waals surface area (Å²) in [5.74, 6) is -1.79. The molecule has 3 aromatic carbocycles. The number of aryl methyl sites for hydroxylation is 2. The fourth-order valence-corrected chi connectivity index (χ4v) is 4.27. The van der Waals surface area contributed by atoms with Gasteiger partial charge in [-0.05, 0) is 68.0 Å². The Morgan fingerprint density at radius 2 is 1.86 bits per heavy atom. The van der Waals surface area contributed by atoms with Crippen LogP contribution in [0.25, 0.3) is 6.08 Å². The van der Waals surface area contributed by atoms with Gasteiger partial charge in [-0.1, -0.05) is 51.3 Å². The number of anilines is 2. The maximum absolute atomic E-state index is 13.2. The lowest BCUT2D eigenvalue weighted by Gasteiger charge is -2.26. The lowest BCUT2D eigenvalue weighted by molar-refractivity contribution is -0.122. The number of amides is 5. The van der Waals surface area contributed by atoms with Crippen molar-refractivity contribution < 1.29 is 23.9 Å². The molecule has 0 unspecified atom stereocenters. The summed E-state index contributed by atoms with van der Waals surface area (Å²) in [6.07, 6.45) is 1.31. The zero-order valence-corrected chi connectivity index (χ0v) is 22.1. The van der Waals surface area contributed by atoms with Gasteiger partial charge < -0.3 is 10.1 Å². The molecule has 2 N–H and O–H groups in total. The molecule has 1 heterocycles. The number of hydrogen-bond donors (Lipinski definition) is 2. The number of nitrogens with one attached hydrogen (secondary N) is 2. The van der Waals surface area contributed by atoms with Gasteiger partial charge in [-0.15, -0.1) is 0 Å². The molecule has 0 saturated carbocycles. The lowest BCUT2D eigenvalue weighted by atomic mass is 10.1. The zero-order chi connectivity index (χ0) is 26.7. The van der Waals surface area contributed by atoms with Crippen molar-refractivity contribution in [3.05, 3.63) is 92.4 Å². The maximum atomic E-state index is 13.2. The topological polar surface area (TPSA) is 105 Å². The molecule has 8 nitrogen and oxygen atoms in total. The summed E-state index contributed by atoms with van der Waals surface area (Å²) in [6, 6.07) is 15.9. The number of benzene rings is 3. The van der Waals surface area contributed by atoms with Crippen LogP contribution in [0, 0.1) is 13.8 Å². The second-order valence-electron chi connectivity index (χ2n) is 8.28. The van der Waals surface area contributed by atoms with Gasteiger partial charge in [0, 0.05) is 20.7 Å². The fraction of sp³-hybridized carbons (Fsp3) is 0.111. The second-order valence-corrected chi connectivity index (χ2v) is 9.63. The number of hydrogen-bond acceptors (Lipinski definition) is 5. The summed E-state index contributed by atoms with van der Waals surface area (Å²) in [7, 11) is 0. The molecule has 0 aliphatic carbocycles. The highest BCUT2D eigenvalue weighted by molar-refractivity contribution is 9.10. The van der Waals surface area contributed by atoms with E-state index in [0.717, 1.165) is 16.0 Å². The maximum Gasteiger partial charge on any atom is 0.335 e. The number of rotatable bonds is 6. The van der Waals surface area contributed by atoms with Crippen LogP contribution in [0.4, 0.5) is 16.2 Å². The van der Waals surface area contributed by atoms with Gasteiger partial charge in [-0.3, -0.25) is 19.7 Å². The van der Waals surface area contributed by atoms with Crippen molar-refractivity contribution in [2.45, 2.75) is 13.8 Å². The molecule has 10 heteroatoms. The van der Waals surface area contributed by atoms with Gasteiger partial charge in [0.25, 0.3) is 17.7 Å². The van der Waals surface area contributed by atoms with Crippen LogP contribution in [-0.4, -0.2) is 30.4 Å². The van der Waals surface area contributed by atoms with Gasteiger partial charge >= 0.3 is 6.03 Å². The first-order chi connectivity index (χ1) is 17.6. The molecule has 37 heavy (non-hydrogen) atoms. The Balaban J connectivity index is 1.58. The molecular weight excluding hydrogens is 562 g/mol. The molecule has 0 spiro atoms. The predicted molar refractivity (Wildman–Crippen MR) is 145 cm³/mol.